The second-order valence-electron chi connectivity index (χ2n) is 10.7. The molecule has 1 amide bonds. The molecule has 4 aromatic rings. The summed E-state index contributed by atoms with van der Waals surface area (Å²) in [7, 11) is 2.21. The summed E-state index contributed by atoms with van der Waals surface area (Å²) in [5, 5.41) is 7.35. The molecule has 2 aromatic carbocycles. The maximum Gasteiger partial charge on any atom is 0.247 e. The molecule has 0 bridgehead atoms. The number of likely N-dealkylation sites (tertiary alicyclic amines) is 2. The summed E-state index contributed by atoms with van der Waals surface area (Å²) < 4.78 is 12.1. The fourth-order valence-electron chi connectivity index (χ4n) is 5.89. The zero-order valence-corrected chi connectivity index (χ0v) is 24.8. The van der Waals surface area contributed by atoms with E-state index < -0.39 is 0 Å². The van der Waals surface area contributed by atoms with Gasteiger partial charge in [-0.15, -0.1) is 0 Å². The van der Waals surface area contributed by atoms with Crippen molar-refractivity contribution in [1.82, 2.24) is 24.8 Å². The van der Waals surface area contributed by atoms with E-state index in [-0.39, 0.29) is 5.91 Å². The molecule has 2 N–H and O–H groups in total. The molecule has 11 heteroatoms. The largest absolute Gasteiger partial charge is 0.490 e. The number of likely N-dealkylation sites (N-methyl/N-ethyl adjacent to an activating group) is 1. The van der Waals surface area contributed by atoms with Crippen LogP contribution in [-0.4, -0.2) is 76.0 Å². The average Bonchev–Trinajstić information content (AvgIpc) is 3.60. The fourth-order valence-corrected chi connectivity index (χ4v) is 6.13. The predicted molar refractivity (Wildman–Crippen MR) is 168 cm³/mol. The zero-order valence-electron chi connectivity index (χ0n) is 24.0. The Morgan fingerprint density at radius 3 is 2.77 bits per heavy atom. The van der Waals surface area contributed by atoms with Crippen LogP contribution in [0.4, 0.5) is 17.2 Å². The van der Waals surface area contributed by atoms with E-state index in [1.807, 2.05) is 36.4 Å². The van der Waals surface area contributed by atoms with Gasteiger partial charge in [-0.1, -0.05) is 24.2 Å². The van der Waals surface area contributed by atoms with Crippen LogP contribution in [0.25, 0.3) is 10.9 Å². The van der Waals surface area contributed by atoms with Crippen molar-refractivity contribution in [2.24, 2.45) is 0 Å². The average molecular weight is 600 g/mol. The van der Waals surface area contributed by atoms with E-state index >= 15 is 0 Å². The summed E-state index contributed by atoms with van der Waals surface area (Å²) in [6.07, 6.45) is 6.83. The third-order valence-electron chi connectivity index (χ3n) is 8.08. The summed E-state index contributed by atoms with van der Waals surface area (Å²) in [6.45, 7) is 7.43. The zero-order chi connectivity index (χ0) is 29.8. The number of ether oxygens (including phenoxy) is 2. The van der Waals surface area contributed by atoms with Gasteiger partial charge in [0.15, 0.2) is 0 Å². The number of aromatic nitrogens is 3. The highest BCUT2D eigenvalue weighted by molar-refractivity contribution is 6.32. The maximum absolute atomic E-state index is 12.3. The van der Waals surface area contributed by atoms with Crippen molar-refractivity contribution in [3.8, 4) is 11.5 Å². The van der Waals surface area contributed by atoms with E-state index in [9.17, 15) is 4.79 Å². The topological polar surface area (TPSA) is 105 Å². The van der Waals surface area contributed by atoms with Crippen molar-refractivity contribution < 1.29 is 14.3 Å². The van der Waals surface area contributed by atoms with Crippen molar-refractivity contribution in [3.05, 3.63) is 84.4 Å². The number of fused-ring (bicyclic) bond motifs is 2. The first-order chi connectivity index (χ1) is 21.0. The molecule has 6 rings (SSSR count). The lowest BCUT2D eigenvalue weighted by atomic mass is 10.1. The van der Waals surface area contributed by atoms with Gasteiger partial charge in [-0.25, -0.2) is 9.97 Å². The summed E-state index contributed by atoms with van der Waals surface area (Å²) in [5.74, 6) is 1.31. The number of pyridine rings is 1. The first-order valence-corrected chi connectivity index (χ1v) is 14.7. The van der Waals surface area contributed by atoms with Crippen molar-refractivity contribution in [1.29, 1.82) is 0 Å². The van der Waals surface area contributed by atoms with Crippen LogP contribution in [0.5, 0.6) is 11.5 Å². The number of nitrogens with one attached hydrogen (secondary N) is 2. The van der Waals surface area contributed by atoms with Crippen LogP contribution in [-0.2, 0) is 11.4 Å². The molecular formula is C32H34ClN7O3. The van der Waals surface area contributed by atoms with Crippen LogP contribution in [0.1, 0.15) is 18.5 Å². The molecule has 0 aliphatic carbocycles. The van der Waals surface area contributed by atoms with Crippen LogP contribution in [0, 0.1) is 0 Å². The van der Waals surface area contributed by atoms with Gasteiger partial charge in [0.2, 0.25) is 5.91 Å². The number of amides is 1. The lowest BCUT2D eigenvalue weighted by molar-refractivity contribution is -0.111. The molecule has 2 aliphatic rings. The molecule has 222 valence electrons. The van der Waals surface area contributed by atoms with Crippen molar-refractivity contribution in [3.63, 3.8) is 0 Å². The van der Waals surface area contributed by atoms with E-state index in [1.165, 1.54) is 25.2 Å². The van der Waals surface area contributed by atoms with Crippen molar-refractivity contribution in [2.45, 2.75) is 31.5 Å². The lowest BCUT2D eigenvalue weighted by Crippen LogP contribution is -2.37. The predicted octanol–water partition coefficient (Wildman–Crippen LogP) is 5.28. The normalized spacial score (nSPS) is 18.4. The Labute approximate surface area is 255 Å². The van der Waals surface area contributed by atoms with E-state index in [2.05, 4.69) is 49.0 Å². The van der Waals surface area contributed by atoms with Gasteiger partial charge in [0.1, 0.15) is 36.9 Å². The van der Waals surface area contributed by atoms with E-state index in [4.69, 9.17) is 21.1 Å². The molecule has 2 fully saturated rings. The Hall–Kier alpha value is -4.25. The second kappa shape index (κ2) is 12.9. The molecule has 43 heavy (non-hydrogen) atoms. The van der Waals surface area contributed by atoms with Crippen LogP contribution in [0.2, 0.25) is 5.02 Å². The standard InChI is InChI=1S/C32H34ClN7O3/c1-3-31(41)38-26-17-23-25(18-30(26)42-15-14-40-13-10-27-28(40)9-12-39(27)2)35-20-36-32(23)37-21-7-8-29(24(33)16-21)43-19-22-6-4-5-11-34-22/h3-8,11,16-18,20,27-28H,1,9-10,12-15,19H2,2H3,(H,38,41)(H,35,36,37). The van der Waals surface area contributed by atoms with E-state index in [0.717, 1.165) is 25.3 Å². The molecule has 0 spiro atoms. The van der Waals surface area contributed by atoms with E-state index in [0.29, 0.717) is 69.9 Å². The molecule has 0 saturated carbocycles. The van der Waals surface area contributed by atoms with Crippen LogP contribution < -0.4 is 20.1 Å². The van der Waals surface area contributed by atoms with Gasteiger partial charge < -0.3 is 25.0 Å². The molecule has 2 saturated heterocycles. The van der Waals surface area contributed by atoms with Crippen LogP contribution in [0.3, 0.4) is 0 Å². The number of halogens is 1. The Morgan fingerprint density at radius 2 is 1.95 bits per heavy atom. The lowest BCUT2D eigenvalue weighted by Gasteiger charge is -2.24. The smallest absolute Gasteiger partial charge is 0.247 e. The van der Waals surface area contributed by atoms with Gasteiger partial charge in [-0.3, -0.25) is 14.7 Å². The third kappa shape index (κ3) is 6.56. The Bertz CT molecular complexity index is 1620. The van der Waals surface area contributed by atoms with Crippen LogP contribution in [0.15, 0.2) is 73.7 Å². The first kappa shape index (κ1) is 28.9. The summed E-state index contributed by atoms with van der Waals surface area (Å²) in [6, 6.07) is 16.0. The molecule has 0 radical (unpaired) electrons. The van der Waals surface area contributed by atoms with Gasteiger partial charge in [-0.2, -0.15) is 0 Å². The SMILES string of the molecule is C=CC(=O)Nc1cc2c(Nc3ccc(OCc4ccccn4)c(Cl)c3)ncnc2cc1OCCN1CCC2C1CCN2C. The van der Waals surface area contributed by atoms with Crippen molar-refractivity contribution >= 4 is 45.6 Å². The fraction of sp³-hybridized carbons (Fsp3) is 0.312. The number of nitrogens with zero attached hydrogens (tertiary/aromatic N) is 5. The van der Waals surface area contributed by atoms with Gasteiger partial charge in [-0.05, 0) is 68.9 Å². The Balaban J connectivity index is 1.18. The molecule has 2 unspecified atom stereocenters. The van der Waals surface area contributed by atoms with Crippen molar-refractivity contribution in [2.75, 3.05) is 43.9 Å². The first-order valence-electron chi connectivity index (χ1n) is 14.4. The number of hydrogen-bond acceptors (Lipinski definition) is 9. The van der Waals surface area contributed by atoms with E-state index in [1.54, 1.807) is 18.3 Å². The molecule has 2 atom stereocenters. The maximum atomic E-state index is 12.3. The summed E-state index contributed by atoms with van der Waals surface area (Å²) >= 11 is 6.53. The molecular weight excluding hydrogens is 566 g/mol. The highest BCUT2D eigenvalue weighted by atomic mass is 35.5. The van der Waals surface area contributed by atoms with Gasteiger partial charge >= 0.3 is 0 Å². The summed E-state index contributed by atoms with van der Waals surface area (Å²) in [5.41, 5.74) is 2.71. The molecule has 2 aliphatic heterocycles. The quantitative estimate of drug-likeness (QED) is 0.223. The van der Waals surface area contributed by atoms with Crippen LogP contribution >= 0.6 is 11.6 Å². The molecule has 4 heterocycles. The number of benzene rings is 2. The minimum atomic E-state index is -0.333. The van der Waals surface area contributed by atoms with Gasteiger partial charge in [0.05, 0.1) is 21.9 Å². The number of carbonyl (C=O) groups is 1. The van der Waals surface area contributed by atoms with Gasteiger partial charge in [0, 0.05) is 48.5 Å². The highest BCUT2D eigenvalue weighted by Gasteiger charge is 2.40. The number of carbonyl (C=O) groups excluding carboxylic acids is 1. The highest BCUT2D eigenvalue weighted by Crippen LogP contribution is 2.35. The second-order valence-corrected chi connectivity index (χ2v) is 11.1. The van der Waals surface area contributed by atoms with Gasteiger partial charge in [0.25, 0.3) is 0 Å². The molecule has 10 nitrogen and oxygen atoms in total. The number of rotatable bonds is 11. The molecule has 2 aromatic heterocycles. The monoisotopic (exact) mass is 599 g/mol. The Kier molecular flexibility index (Phi) is 8.69. The summed E-state index contributed by atoms with van der Waals surface area (Å²) in [4.78, 5) is 30.5. The Morgan fingerprint density at radius 1 is 1.07 bits per heavy atom. The number of hydrogen-bond donors (Lipinski definition) is 2. The number of anilines is 3. The minimum absolute atomic E-state index is 0.309. The minimum Gasteiger partial charge on any atom is -0.490 e. The third-order valence-corrected chi connectivity index (χ3v) is 8.38.